The van der Waals surface area contributed by atoms with Crippen molar-refractivity contribution in [1.82, 2.24) is 9.80 Å². The Morgan fingerprint density at radius 2 is 2.05 bits per heavy atom. The molecule has 1 saturated heterocycles. The van der Waals surface area contributed by atoms with Crippen molar-refractivity contribution in [1.29, 1.82) is 5.26 Å². The maximum atomic E-state index is 8.80. The van der Waals surface area contributed by atoms with Crippen LogP contribution in [-0.4, -0.2) is 55.1 Å². The summed E-state index contributed by atoms with van der Waals surface area (Å²) in [6, 6.07) is 10.7. The van der Waals surface area contributed by atoms with Crippen LogP contribution in [0.15, 0.2) is 24.3 Å². The van der Waals surface area contributed by atoms with Gasteiger partial charge < -0.3 is 10.6 Å². The summed E-state index contributed by atoms with van der Waals surface area (Å²) in [6.45, 7) is 6.80. The molecule has 114 valence electrons. The molecule has 0 amide bonds. The number of hydrogen-bond donors (Lipinski definition) is 1. The molecular formula is C17H26N4. The van der Waals surface area contributed by atoms with Crippen LogP contribution in [-0.2, 0) is 6.42 Å². The van der Waals surface area contributed by atoms with Gasteiger partial charge in [-0.2, -0.15) is 5.26 Å². The second kappa shape index (κ2) is 7.56. The van der Waals surface area contributed by atoms with Crippen molar-refractivity contribution in [2.75, 3.05) is 33.2 Å². The molecule has 0 aliphatic carbocycles. The van der Waals surface area contributed by atoms with Gasteiger partial charge in [0.1, 0.15) is 0 Å². The highest BCUT2D eigenvalue weighted by Gasteiger charge is 2.21. The van der Waals surface area contributed by atoms with E-state index in [0.29, 0.717) is 11.6 Å². The van der Waals surface area contributed by atoms with Crippen molar-refractivity contribution in [3.05, 3.63) is 35.4 Å². The average molecular weight is 286 g/mol. The first kappa shape index (κ1) is 16.0. The van der Waals surface area contributed by atoms with Crippen molar-refractivity contribution in [3.63, 3.8) is 0 Å². The second-order valence-corrected chi connectivity index (χ2v) is 6.21. The van der Waals surface area contributed by atoms with Crippen LogP contribution in [0.1, 0.15) is 24.5 Å². The number of piperazine rings is 1. The number of nitriles is 1. The van der Waals surface area contributed by atoms with Gasteiger partial charge >= 0.3 is 0 Å². The summed E-state index contributed by atoms with van der Waals surface area (Å²) in [5.41, 5.74) is 8.19. The van der Waals surface area contributed by atoms with Gasteiger partial charge in [0.2, 0.25) is 0 Å². The first-order valence-electron chi connectivity index (χ1n) is 7.75. The van der Waals surface area contributed by atoms with E-state index in [1.54, 1.807) is 0 Å². The number of nitrogens with two attached hydrogens (primary N) is 1. The van der Waals surface area contributed by atoms with Crippen molar-refractivity contribution >= 4 is 0 Å². The van der Waals surface area contributed by atoms with E-state index in [-0.39, 0.29) is 6.04 Å². The quantitative estimate of drug-likeness (QED) is 0.890. The van der Waals surface area contributed by atoms with Gasteiger partial charge in [0.25, 0.3) is 0 Å². The van der Waals surface area contributed by atoms with E-state index in [1.165, 1.54) is 5.56 Å². The molecule has 1 fully saturated rings. The van der Waals surface area contributed by atoms with Crippen LogP contribution in [0.4, 0.5) is 0 Å². The minimum atomic E-state index is 0.185. The molecule has 1 aliphatic heterocycles. The molecule has 4 nitrogen and oxygen atoms in total. The Labute approximate surface area is 128 Å². The summed E-state index contributed by atoms with van der Waals surface area (Å²) >= 11 is 0. The molecule has 1 aliphatic rings. The highest BCUT2D eigenvalue weighted by molar-refractivity contribution is 5.31. The first-order valence-corrected chi connectivity index (χ1v) is 7.75. The van der Waals surface area contributed by atoms with Gasteiger partial charge in [-0.25, -0.2) is 0 Å². The van der Waals surface area contributed by atoms with Crippen LogP contribution in [0, 0.1) is 11.3 Å². The van der Waals surface area contributed by atoms with Crippen molar-refractivity contribution in [2.45, 2.75) is 31.8 Å². The van der Waals surface area contributed by atoms with Crippen molar-refractivity contribution < 1.29 is 0 Å². The summed E-state index contributed by atoms with van der Waals surface area (Å²) in [5.74, 6) is 0. The molecule has 0 unspecified atom stereocenters. The highest BCUT2D eigenvalue weighted by atomic mass is 15.3. The zero-order valence-corrected chi connectivity index (χ0v) is 13.1. The van der Waals surface area contributed by atoms with Gasteiger partial charge in [0.15, 0.2) is 0 Å². The standard InChI is InChI=1S/C17H26N4/c1-14-13-20(2)9-10-21(14)8-7-17(19)11-15-3-5-16(12-18)6-4-15/h3-6,14,17H,7-11,13,19H2,1-2H3/t14-,17+/m1/s1. The van der Waals surface area contributed by atoms with Crippen LogP contribution in [0.2, 0.25) is 0 Å². The van der Waals surface area contributed by atoms with E-state index < -0.39 is 0 Å². The zero-order chi connectivity index (χ0) is 15.2. The zero-order valence-electron chi connectivity index (χ0n) is 13.1. The summed E-state index contributed by atoms with van der Waals surface area (Å²) in [5, 5.41) is 8.80. The molecule has 0 radical (unpaired) electrons. The van der Waals surface area contributed by atoms with Crippen LogP contribution in [0.25, 0.3) is 0 Å². The topological polar surface area (TPSA) is 56.3 Å². The minimum absolute atomic E-state index is 0.185. The second-order valence-electron chi connectivity index (χ2n) is 6.21. The SMILES string of the molecule is C[C@@H]1CN(C)CCN1CC[C@H](N)Cc1ccc(C#N)cc1. The third-order valence-corrected chi connectivity index (χ3v) is 4.34. The molecule has 1 aromatic carbocycles. The number of likely N-dealkylation sites (N-methyl/N-ethyl adjacent to an activating group) is 1. The molecular weight excluding hydrogens is 260 g/mol. The predicted octanol–water partition coefficient (Wildman–Crippen LogP) is 1.45. The molecule has 4 heteroatoms. The van der Waals surface area contributed by atoms with E-state index in [4.69, 9.17) is 11.0 Å². The van der Waals surface area contributed by atoms with Gasteiger partial charge in [-0.15, -0.1) is 0 Å². The Morgan fingerprint density at radius 3 is 2.67 bits per heavy atom. The summed E-state index contributed by atoms with van der Waals surface area (Å²) in [4.78, 5) is 4.93. The Kier molecular flexibility index (Phi) is 5.75. The van der Waals surface area contributed by atoms with Crippen LogP contribution in [0.3, 0.4) is 0 Å². The number of rotatable bonds is 5. The minimum Gasteiger partial charge on any atom is -0.327 e. The smallest absolute Gasteiger partial charge is 0.0991 e. The fourth-order valence-electron chi connectivity index (χ4n) is 2.96. The Bertz CT molecular complexity index is 477. The molecule has 0 aromatic heterocycles. The maximum Gasteiger partial charge on any atom is 0.0991 e. The lowest BCUT2D eigenvalue weighted by Gasteiger charge is -2.38. The number of hydrogen-bond acceptors (Lipinski definition) is 4. The third kappa shape index (κ3) is 4.82. The third-order valence-electron chi connectivity index (χ3n) is 4.34. The van der Waals surface area contributed by atoms with E-state index in [1.807, 2.05) is 24.3 Å². The largest absolute Gasteiger partial charge is 0.327 e. The highest BCUT2D eigenvalue weighted by Crippen LogP contribution is 2.11. The molecule has 2 N–H and O–H groups in total. The lowest BCUT2D eigenvalue weighted by atomic mass is 10.0. The summed E-state index contributed by atoms with van der Waals surface area (Å²) < 4.78 is 0. The molecule has 0 saturated carbocycles. The van der Waals surface area contributed by atoms with Gasteiger partial charge in [-0.1, -0.05) is 12.1 Å². The van der Waals surface area contributed by atoms with E-state index in [2.05, 4.69) is 29.8 Å². The average Bonchev–Trinajstić information content (AvgIpc) is 2.47. The Balaban J connectivity index is 1.76. The molecule has 21 heavy (non-hydrogen) atoms. The van der Waals surface area contributed by atoms with E-state index in [0.717, 1.165) is 39.0 Å². The fraction of sp³-hybridized carbons (Fsp3) is 0.588. The molecule has 0 spiro atoms. The molecule has 2 rings (SSSR count). The van der Waals surface area contributed by atoms with E-state index in [9.17, 15) is 0 Å². The van der Waals surface area contributed by atoms with Gasteiger partial charge in [-0.05, 0) is 44.5 Å². The predicted molar refractivity (Wildman–Crippen MR) is 86.0 cm³/mol. The molecule has 1 aromatic rings. The van der Waals surface area contributed by atoms with Gasteiger partial charge in [0.05, 0.1) is 11.6 Å². The lowest BCUT2D eigenvalue weighted by Crippen LogP contribution is -2.51. The van der Waals surface area contributed by atoms with Crippen LogP contribution >= 0.6 is 0 Å². The maximum absolute atomic E-state index is 8.80. The fourth-order valence-corrected chi connectivity index (χ4v) is 2.96. The molecule has 1 heterocycles. The van der Waals surface area contributed by atoms with Crippen LogP contribution in [0.5, 0.6) is 0 Å². The monoisotopic (exact) mass is 286 g/mol. The van der Waals surface area contributed by atoms with Gasteiger partial charge in [0, 0.05) is 38.3 Å². The van der Waals surface area contributed by atoms with E-state index >= 15 is 0 Å². The van der Waals surface area contributed by atoms with Crippen molar-refractivity contribution in [3.8, 4) is 6.07 Å². The first-order chi connectivity index (χ1) is 10.1. The van der Waals surface area contributed by atoms with Crippen molar-refractivity contribution in [2.24, 2.45) is 5.73 Å². The lowest BCUT2D eigenvalue weighted by molar-refractivity contribution is 0.0973. The number of benzene rings is 1. The number of nitrogens with zero attached hydrogens (tertiary/aromatic N) is 3. The molecule has 0 bridgehead atoms. The Hall–Kier alpha value is -1.41. The van der Waals surface area contributed by atoms with Gasteiger partial charge in [-0.3, -0.25) is 4.90 Å². The normalized spacial score (nSPS) is 21.9. The molecule has 2 atom stereocenters. The Morgan fingerprint density at radius 1 is 1.33 bits per heavy atom. The van der Waals surface area contributed by atoms with Crippen LogP contribution < -0.4 is 5.73 Å². The summed E-state index contributed by atoms with van der Waals surface area (Å²) in [6.07, 6.45) is 1.90. The summed E-state index contributed by atoms with van der Waals surface area (Å²) in [7, 11) is 2.18.